The predicted molar refractivity (Wildman–Crippen MR) is 75.2 cm³/mol. The van der Waals surface area contributed by atoms with Crippen molar-refractivity contribution in [2.24, 2.45) is 5.41 Å². The zero-order valence-electron chi connectivity index (χ0n) is 12.3. The quantitative estimate of drug-likeness (QED) is 0.660. The zero-order valence-corrected chi connectivity index (χ0v) is 13.1. The summed E-state index contributed by atoms with van der Waals surface area (Å²) in [6.45, 7) is 8.71. The van der Waals surface area contributed by atoms with E-state index in [1.54, 1.807) is 6.26 Å². The van der Waals surface area contributed by atoms with Crippen LogP contribution in [-0.2, 0) is 20.3 Å². The van der Waals surface area contributed by atoms with Gasteiger partial charge in [0.25, 0.3) is 0 Å². The summed E-state index contributed by atoms with van der Waals surface area (Å²) in [6, 6.07) is 0. The second kappa shape index (κ2) is 9.02. The first-order chi connectivity index (χ1) is 8.31. The molecule has 0 bridgehead atoms. The summed E-state index contributed by atoms with van der Waals surface area (Å²) in [5.41, 5.74) is -0.444. The predicted octanol–water partition coefficient (Wildman–Crippen LogP) is 1.58. The van der Waals surface area contributed by atoms with Crippen molar-refractivity contribution in [1.82, 2.24) is 0 Å². The van der Waals surface area contributed by atoms with Crippen LogP contribution in [0.1, 0.15) is 34.1 Å². The largest absolute Gasteiger partial charge is 0.396 e. The first kappa shape index (κ1) is 18.0. The Bertz CT molecular complexity index is 229. The van der Waals surface area contributed by atoms with Gasteiger partial charge in [0.2, 0.25) is 0 Å². The van der Waals surface area contributed by atoms with E-state index >= 15 is 0 Å². The molecule has 0 aromatic heterocycles. The normalized spacial score (nSPS) is 14.4. The summed E-state index contributed by atoms with van der Waals surface area (Å²) in [5, 5.41) is 9.66. The minimum Gasteiger partial charge on any atom is -0.396 e. The molecule has 0 aliphatic carbocycles. The average Bonchev–Trinajstić information content (AvgIpc) is 2.28. The van der Waals surface area contributed by atoms with E-state index in [1.165, 1.54) is 0 Å². The van der Waals surface area contributed by atoms with Crippen molar-refractivity contribution >= 4 is 10.8 Å². The van der Waals surface area contributed by atoms with Gasteiger partial charge in [-0.05, 0) is 34.1 Å². The third kappa shape index (κ3) is 8.19. The molecule has 4 nitrogen and oxygen atoms in total. The van der Waals surface area contributed by atoms with Crippen molar-refractivity contribution in [3.63, 3.8) is 0 Å². The lowest BCUT2D eigenvalue weighted by molar-refractivity contribution is -0.0789. The van der Waals surface area contributed by atoms with E-state index in [9.17, 15) is 9.32 Å². The van der Waals surface area contributed by atoms with Crippen molar-refractivity contribution < 1.29 is 18.8 Å². The molecule has 0 aromatic rings. The Kier molecular flexibility index (Phi) is 9.03. The number of hydrogen-bond acceptors (Lipinski definition) is 4. The Hall–Kier alpha value is 0.0300. The Balaban J connectivity index is 4.54. The van der Waals surface area contributed by atoms with E-state index in [2.05, 4.69) is 0 Å². The van der Waals surface area contributed by atoms with Gasteiger partial charge in [-0.1, -0.05) is 0 Å². The fourth-order valence-corrected chi connectivity index (χ4v) is 2.12. The number of aliphatic hydroxyl groups is 1. The second-order valence-electron chi connectivity index (χ2n) is 5.40. The Morgan fingerprint density at radius 2 is 1.56 bits per heavy atom. The second-order valence-corrected chi connectivity index (χ2v) is 6.96. The van der Waals surface area contributed by atoms with Crippen LogP contribution in [0, 0.1) is 5.41 Å². The van der Waals surface area contributed by atoms with Crippen molar-refractivity contribution in [2.75, 3.05) is 31.8 Å². The molecule has 0 rings (SSSR count). The third-order valence-electron chi connectivity index (χ3n) is 2.70. The molecule has 18 heavy (non-hydrogen) atoms. The van der Waals surface area contributed by atoms with E-state index in [-0.39, 0.29) is 18.8 Å². The summed E-state index contributed by atoms with van der Waals surface area (Å²) in [7, 11) is -0.864. The van der Waals surface area contributed by atoms with Crippen LogP contribution in [-0.4, -0.2) is 53.4 Å². The van der Waals surface area contributed by atoms with Gasteiger partial charge in [-0.25, -0.2) is 0 Å². The number of rotatable bonds is 10. The number of aliphatic hydroxyl groups excluding tert-OH is 1. The highest BCUT2D eigenvalue weighted by molar-refractivity contribution is 7.84. The van der Waals surface area contributed by atoms with Gasteiger partial charge in [-0.2, -0.15) is 0 Å². The molecule has 0 aliphatic heterocycles. The van der Waals surface area contributed by atoms with Gasteiger partial charge >= 0.3 is 0 Å². The molecule has 5 heteroatoms. The van der Waals surface area contributed by atoms with E-state index in [0.717, 1.165) is 0 Å². The van der Waals surface area contributed by atoms with Crippen LogP contribution >= 0.6 is 0 Å². The molecule has 0 radical (unpaired) electrons. The molecule has 0 aromatic carbocycles. The number of hydrogen-bond donors (Lipinski definition) is 1. The van der Waals surface area contributed by atoms with Crippen LogP contribution in [0.25, 0.3) is 0 Å². The SMILES string of the molecule is CC(C)OCC(CO)(CCS(C)=O)COC(C)C. The topological polar surface area (TPSA) is 55.8 Å². The number of ether oxygens (including phenoxy) is 2. The zero-order chi connectivity index (χ0) is 14.2. The molecule has 0 saturated carbocycles. The first-order valence-electron chi connectivity index (χ1n) is 6.45. The van der Waals surface area contributed by atoms with Crippen molar-refractivity contribution in [1.29, 1.82) is 0 Å². The van der Waals surface area contributed by atoms with Crippen molar-refractivity contribution in [3.05, 3.63) is 0 Å². The maximum atomic E-state index is 11.2. The van der Waals surface area contributed by atoms with Crippen LogP contribution in [0.3, 0.4) is 0 Å². The maximum absolute atomic E-state index is 11.2. The van der Waals surface area contributed by atoms with E-state index in [1.807, 2.05) is 27.7 Å². The monoisotopic (exact) mass is 280 g/mol. The summed E-state index contributed by atoms with van der Waals surface area (Å²) in [4.78, 5) is 0. The van der Waals surface area contributed by atoms with Gasteiger partial charge in [0.15, 0.2) is 0 Å². The molecule has 110 valence electrons. The molecule has 0 amide bonds. The molecule has 1 atom stereocenters. The standard InChI is InChI=1S/C13H28O4S/c1-11(2)16-9-13(8-14,6-7-18(5)15)10-17-12(3)4/h11-12,14H,6-10H2,1-5H3. The lowest BCUT2D eigenvalue weighted by Gasteiger charge is -2.32. The summed E-state index contributed by atoms with van der Waals surface area (Å²) in [5.74, 6) is 0.559. The Labute approximate surface area is 114 Å². The Morgan fingerprint density at radius 3 is 1.83 bits per heavy atom. The van der Waals surface area contributed by atoms with Gasteiger partial charge in [-0.15, -0.1) is 0 Å². The van der Waals surface area contributed by atoms with E-state index in [4.69, 9.17) is 9.47 Å². The molecule has 0 fully saturated rings. The summed E-state index contributed by atoms with van der Waals surface area (Å²) in [6.07, 6.45) is 2.55. The van der Waals surface area contributed by atoms with Gasteiger partial charge in [0.05, 0.1) is 32.0 Å². The smallest absolute Gasteiger partial charge is 0.0570 e. The fourth-order valence-electron chi connectivity index (χ4n) is 1.40. The van der Waals surface area contributed by atoms with Crippen molar-refractivity contribution in [3.8, 4) is 0 Å². The van der Waals surface area contributed by atoms with Gasteiger partial charge in [0, 0.05) is 28.2 Å². The highest BCUT2D eigenvalue weighted by Crippen LogP contribution is 2.24. The highest BCUT2D eigenvalue weighted by atomic mass is 32.2. The van der Waals surface area contributed by atoms with Crippen LogP contribution in [0.5, 0.6) is 0 Å². The summed E-state index contributed by atoms with van der Waals surface area (Å²) >= 11 is 0. The molecule has 1 unspecified atom stereocenters. The first-order valence-corrected chi connectivity index (χ1v) is 8.18. The van der Waals surface area contributed by atoms with E-state index in [0.29, 0.717) is 25.4 Å². The van der Waals surface area contributed by atoms with Crippen LogP contribution in [0.15, 0.2) is 0 Å². The van der Waals surface area contributed by atoms with Gasteiger partial charge < -0.3 is 14.6 Å². The van der Waals surface area contributed by atoms with Crippen molar-refractivity contribution in [2.45, 2.75) is 46.3 Å². The molecule has 0 spiro atoms. The fraction of sp³-hybridized carbons (Fsp3) is 1.00. The minimum absolute atomic E-state index is 0.0103. The highest BCUT2D eigenvalue weighted by Gasteiger charge is 2.31. The summed E-state index contributed by atoms with van der Waals surface area (Å²) < 4.78 is 22.5. The maximum Gasteiger partial charge on any atom is 0.0570 e. The van der Waals surface area contributed by atoms with Crippen LogP contribution in [0.2, 0.25) is 0 Å². The molecular weight excluding hydrogens is 252 g/mol. The molecular formula is C13H28O4S. The van der Waals surface area contributed by atoms with Crippen LogP contribution in [0.4, 0.5) is 0 Å². The van der Waals surface area contributed by atoms with Gasteiger partial charge in [-0.3, -0.25) is 4.21 Å². The molecule has 1 N–H and O–H groups in total. The third-order valence-corrected chi connectivity index (χ3v) is 3.48. The molecule has 0 heterocycles. The molecule has 0 saturated heterocycles. The lowest BCUT2D eigenvalue weighted by atomic mass is 9.88. The Morgan fingerprint density at radius 1 is 1.11 bits per heavy atom. The minimum atomic E-state index is -0.864. The van der Waals surface area contributed by atoms with Gasteiger partial charge in [0.1, 0.15) is 0 Å². The van der Waals surface area contributed by atoms with Crippen LogP contribution < -0.4 is 0 Å². The molecule has 0 aliphatic rings. The lowest BCUT2D eigenvalue weighted by Crippen LogP contribution is -2.39. The average molecular weight is 280 g/mol. The van der Waals surface area contributed by atoms with E-state index < -0.39 is 16.2 Å².